The fourth-order valence-electron chi connectivity index (χ4n) is 1.97. The minimum atomic E-state index is -0.609. The third-order valence-corrected chi connectivity index (χ3v) is 3.04. The van der Waals surface area contributed by atoms with Crippen molar-refractivity contribution in [1.29, 1.82) is 0 Å². The molecule has 5 heteroatoms. The molecule has 0 spiro atoms. The van der Waals surface area contributed by atoms with E-state index in [-0.39, 0.29) is 5.75 Å². The van der Waals surface area contributed by atoms with Crippen molar-refractivity contribution in [2.45, 2.75) is 25.4 Å². The lowest BCUT2D eigenvalue weighted by atomic mass is 10.2. The molecule has 19 heavy (non-hydrogen) atoms. The Morgan fingerprint density at radius 2 is 2.16 bits per heavy atom. The minimum absolute atomic E-state index is 0.330. The summed E-state index contributed by atoms with van der Waals surface area (Å²) in [5.74, 6) is -0.243. The molecular weight excluding hydrogens is 245 g/mol. The van der Waals surface area contributed by atoms with E-state index in [1.54, 1.807) is 13.1 Å². The van der Waals surface area contributed by atoms with Crippen LogP contribution in [0.5, 0.6) is 5.75 Å². The van der Waals surface area contributed by atoms with E-state index < -0.39 is 5.82 Å². The first kappa shape index (κ1) is 13.4. The number of guanidine groups is 1. The maximum absolute atomic E-state index is 13.2. The molecule has 0 fully saturated rings. The summed E-state index contributed by atoms with van der Waals surface area (Å²) in [5.41, 5.74) is 0.753. The summed E-state index contributed by atoms with van der Waals surface area (Å²) < 4.78 is 13.2. The van der Waals surface area contributed by atoms with Crippen molar-refractivity contribution in [1.82, 2.24) is 10.6 Å². The van der Waals surface area contributed by atoms with E-state index in [4.69, 9.17) is 5.11 Å². The first-order chi connectivity index (χ1) is 9.19. The Morgan fingerprint density at radius 3 is 2.79 bits per heavy atom. The average Bonchev–Trinajstić information content (AvgIpc) is 2.91. The molecule has 2 rings (SSSR count). The molecular formula is C14H18FN3O. The number of rotatable bonds is 3. The van der Waals surface area contributed by atoms with Gasteiger partial charge in [0.25, 0.3) is 0 Å². The summed E-state index contributed by atoms with van der Waals surface area (Å²) in [6, 6.07) is 4.72. The maximum atomic E-state index is 13.2. The molecule has 1 aliphatic carbocycles. The lowest BCUT2D eigenvalue weighted by Crippen LogP contribution is -2.42. The monoisotopic (exact) mass is 263 g/mol. The predicted molar refractivity (Wildman–Crippen MR) is 73.6 cm³/mol. The number of hydrogen-bond donors (Lipinski definition) is 3. The van der Waals surface area contributed by atoms with Gasteiger partial charge in [-0.2, -0.15) is 0 Å². The highest BCUT2D eigenvalue weighted by Crippen LogP contribution is 2.16. The Kier molecular flexibility index (Phi) is 4.39. The molecule has 1 aromatic rings. The zero-order chi connectivity index (χ0) is 13.7. The van der Waals surface area contributed by atoms with Gasteiger partial charge in [0.1, 0.15) is 0 Å². The van der Waals surface area contributed by atoms with Crippen LogP contribution in [-0.4, -0.2) is 24.2 Å². The molecule has 0 radical (unpaired) electrons. The van der Waals surface area contributed by atoms with Crippen LogP contribution in [0.15, 0.2) is 35.3 Å². The van der Waals surface area contributed by atoms with Crippen molar-refractivity contribution >= 4 is 5.96 Å². The summed E-state index contributed by atoms with van der Waals surface area (Å²) in [6.07, 6.45) is 6.27. The summed E-state index contributed by atoms with van der Waals surface area (Å²) in [5, 5.41) is 15.5. The van der Waals surface area contributed by atoms with Gasteiger partial charge in [0.2, 0.25) is 0 Å². The summed E-state index contributed by atoms with van der Waals surface area (Å²) in [6.45, 7) is 0.455. The van der Waals surface area contributed by atoms with E-state index in [1.165, 1.54) is 12.1 Å². The summed E-state index contributed by atoms with van der Waals surface area (Å²) in [7, 11) is 1.70. The van der Waals surface area contributed by atoms with E-state index in [9.17, 15) is 4.39 Å². The van der Waals surface area contributed by atoms with Gasteiger partial charge in [-0.05, 0) is 30.5 Å². The molecule has 0 atom stereocenters. The number of halogens is 1. The third-order valence-electron chi connectivity index (χ3n) is 3.04. The topological polar surface area (TPSA) is 56.7 Å². The Balaban J connectivity index is 1.87. The van der Waals surface area contributed by atoms with Crippen LogP contribution >= 0.6 is 0 Å². The first-order valence-corrected chi connectivity index (χ1v) is 6.28. The number of nitrogens with zero attached hydrogens (tertiary/aromatic N) is 1. The molecule has 4 nitrogen and oxygen atoms in total. The summed E-state index contributed by atoms with van der Waals surface area (Å²) >= 11 is 0. The highest BCUT2D eigenvalue weighted by Gasteiger charge is 2.11. The SMILES string of the molecule is CN=C(NCc1ccc(O)c(F)c1)NC1CC=CC1. The highest BCUT2D eigenvalue weighted by molar-refractivity contribution is 5.80. The van der Waals surface area contributed by atoms with E-state index in [2.05, 4.69) is 27.8 Å². The molecule has 1 aromatic carbocycles. The molecule has 0 saturated carbocycles. The number of aromatic hydroxyl groups is 1. The zero-order valence-electron chi connectivity index (χ0n) is 10.9. The molecule has 0 heterocycles. The van der Waals surface area contributed by atoms with E-state index in [0.29, 0.717) is 18.5 Å². The molecule has 0 unspecified atom stereocenters. The van der Waals surface area contributed by atoms with Gasteiger partial charge in [-0.3, -0.25) is 4.99 Å². The second-order valence-electron chi connectivity index (χ2n) is 4.50. The van der Waals surface area contributed by atoms with Crippen molar-refractivity contribution in [2.24, 2.45) is 4.99 Å². The Labute approximate surface area is 112 Å². The Morgan fingerprint density at radius 1 is 1.42 bits per heavy atom. The molecule has 3 N–H and O–H groups in total. The molecule has 0 aromatic heterocycles. The van der Waals surface area contributed by atoms with Gasteiger partial charge in [0.05, 0.1) is 0 Å². The maximum Gasteiger partial charge on any atom is 0.191 e. The second kappa shape index (κ2) is 6.22. The Bertz CT molecular complexity index is 491. The second-order valence-corrected chi connectivity index (χ2v) is 4.50. The van der Waals surface area contributed by atoms with Crippen LogP contribution in [0.4, 0.5) is 4.39 Å². The molecule has 102 valence electrons. The lowest BCUT2D eigenvalue weighted by molar-refractivity contribution is 0.431. The smallest absolute Gasteiger partial charge is 0.191 e. The van der Waals surface area contributed by atoms with E-state index in [1.807, 2.05) is 0 Å². The van der Waals surface area contributed by atoms with Crippen LogP contribution in [0.2, 0.25) is 0 Å². The number of nitrogens with one attached hydrogen (secondary N) is 2. The van der Waals surface area contributed by atoms with Gasteiger partial charge in [-0.1, -0.05) is 18.2 Å². The molecule has 0 aliphatic heterocycles. The normalized spacial score (nSPS) is 15.8. The number of aliphatic imine (C=N–C) groups is 1. The van der Waals surface area contributed by atoms with Crippen molar-refractivity contribution in [2.75, 3.05) is 7.05 Å². The van der Waals surface area contributed by atoms with Crippen LogP contribution in [0.3, 0.4) is 0 Å². The Hall–Kier alpha value is -2.04. The van der Waals surface area contributed by atoms with Crippen molar-refractivity contribution in [3.63, 3.8) is 0 Å². The number of phenolic OH excluding ortho intramolecular Hbond substituents is 1. The molecule has 0 saturated heterocycles. The standard InChI is InChI=1S/C14H18FN3O/c1-16-14(18-11-4-2-3-5-11)17-9-10-6-7-13(19)12(15)8-10/h2-3,6-8,11,19H,4-5,9H2,1H3,(H2,16,17,18). The number of benzene rings is 1. The van der Waals surface area contributed by atoms with E-state index >= 15 is 0 Å². The first-order valence-electron chi connectivity index (χ1n) is 6.28. The van der Waals surface area contributed by atoms with Crippen molar-refractivity contribution < 1.29 is 9.50 Å². The quantitative estimate of drug-likeness (QED) is 0.443. The van der Waals surface area contributed by atoms with Gasteiger partial charge >= 0.3 is 0 Å². The number of phenols is 1. The fraction of sp³-hybridized carbons (Fsp3) is 0.357. The zero-order valence-corrected chi connectivity index (χ0v) is 10.9. The van der Waals surface area contributed by atoms with Gasteiger partial charge in [0, 0.05) is 19.6 Å². The molecule has 0 amide bonds. The van der Waals surface area contributed by atoms with Gasteiger partial charge in [-0.25, -0.2) is 4.39 Å². The van der Waals surface area contributed by atoms with Gasteiger partial charge in [-0.15, -0.1) is 0 Å². The average molecular weight is 263 g/mol. The lowest BCUT2D eigenvalue weighted by Gasteiger charge is -2.17. The predicted octanol–water partition coefficient (Wildman–Crippen LogP) is 1.91. The fourth-order valence-corrected chi connectivity index (χ4v) is 1.97. The van der Waals surface area contributed by atoms with Crippen LogP contribution in [0.25, 0.3) is 0 Å². The molecule has 1 aliphatic rings. The van der Waals surface area contributed by atoms with Crippen molar-refractivity contribution in [3.8, 4) is 5.75 Å². The number of hydrogen-bond acceptors (Lipinski definition) is 2. The highest BCUT2D eigenvalue weighted by atomic mass is 19.1. The van der Waals surface area contributed by atoms with Crippen LogP contribution in [-0.2, 0) is 6.54 Å². The van der Waals surface area contributed by atoms with Crippen LogP contribution < -0.4 is 10.6 Å². The third kappa shape index (κ3) is 3.71. The largest absolute Gasteiger partial charge is 0.505 e. The van der Waals surface area contributed by atoms with Crippen LogP contribution in [0, 0.1) is 5.82 Å². The minimum Gasteiger partial charge on any atom is -0.505 e. The van der Waals surface area contributed by atoms with Crippen molar-refractivity contribution in [3.05, 3.63) is 41.7 Å². The van der Waals surface area contributed by atoms with Crippen LogP contribution in [0.1, 0.15) is 18.4 Å². The summed E-state index contributed by atoms with van der Waals surface area (Å²) in [4.78, 5) is 4.13. The van der Waals surface area contributed by atoms with Gasteiger partial charge in [0.15, 0.2) is 17.5 Å². The van der Waals surface area contributed by atoms with E-state index in [0.717, 1.165) is 18.4 Å². The van der Waals surface area contributed by atoms with Gasteiger partial charge < -0.3 is 15.7 Å². The molecule has 0 bridgehead atoms.